The molecule has 0 radical (unpaired) electrons. The van der Waals surface area contributed by atoms with Crippen molar-refractivity contribution in [3.05, 3.63) is 66.4 Å². The topological polar surface area (TPSA) is 50.2 Å². The number of carboxylic acids is 1. The fraction of sp³-hybridized carbons (Fsp3) is 0. The highest BCUT2D eigenvalue weighted by atomic mass is 16.4. The Kier molecular flexibility index (Phi) is 2.72. The lowest BCUT2D eigenvalue weighted by Crippen LogP contribution is -1.98. The van der Waals surface area contributed by atoms with Crippen LogP contribution in [0.15, 0.2) is 60.8 Å². The summed E-state index contributed by atoms with van der Waals surface area (Å²) in [6.45, 7) is 0. The normalized spacial score (nSPS) is 10.5. The third-order valence-electron chi connectivity index (χ3n) is 3.07. The van der Waals surface area contributed by atoms with Gasteiger partial charge in [0, 0.05) is 11.6 Å². The molecule has 3 rings (SSSR count). The second kappa shape index (κ2) is 4.53. The highest BCUT2D eigenvalue weighted by Gasteiger charge is 2.10. The van der Waals surface area contributed by atoms with E-state index in [1.54, 1.807) is 18.3 Å². The summed E-state index contributed by atoms with van der Waals surface area (Å²) >= 11 is 0. The fourth-order valence-corrected chi connectivity index (χ4v) is 2.16. The molecular weight excluding hydrogens is 238 g/mol. The zero-order valence-corrected chi connectivity index (χ0v) is 10.1. The second-order valence-electron chi connectivity index (χ2n) is 4.26. The first kappa shape index (κ1) is 11.4. The Morgan fingerprint density at radius 1 is 1.00 bits per heavy atom. The molecule has 0 amide bonds. The van der Waals surface area contributed by atoms with Crippen molar-refractivity contribution in [2.24, 2.45) is 0 Å². The highest BCUT2D eigenvalue weighted by Crippen LogP contribution is 2.26. The van der Waals surface area contributed by atoms with Crippen LogP contribution in [0.3, 0.4) is 0 Å². The van der Waals surface area contributed by atoms with Crippen LogP contribution in [0.4, 0.5) is 0 Å². The quantitative estimate of drug-likeness (QED) is 0.754. The van der Waals surface area contributed by atoms with E-state index in [0.717, 1.165) is 16.5 Å². The van der Waals surface area contributed by atoms with Crippen molar-refractivity contribution in [1.82, 2.24) is 4.98 Å². The van der Waals surface area contributed by atoms with Gasteiger partial charge in [-0.3, -0.25) is 4.98 Å². The molecule has 0 atom stereocenters. The largest absolute Gasteiger partial charge is 0.478 e. The molecular formula is C16H11NO2. The Balaban J connectivity index is 2.22. The third-order valence-corrected chi connectivity index (χ3v) is 3.07. The summed E-state index contributed by atoms with van der Waals surface area (Å²) in [6.07, 6.45) is 1.73. The molecule has 0 aliphatic rings. The van der Waals surface area contributed by atoms with Gasteiger partial charge in [-0.2, -0.15) is 0 Å². The van der Waals surface area contributed by atoms with Gasteiger partial charge in [-0.05, 0) is 29.3 Å². The van der Waals surface area contributed by atoms with Gasteiger partial charge in [-0.1, -0.05) is 36.4 Å². The second-order valence-corrected chi connectivity index (χ2v) is 4.26. The summed E-state index contributed by atoms with van der Waals surface area (Å²) in [4.78, 5) is 15.5. The molecule has 1 heterocycles. The van der Waals surface area contributed by atoms with E-state index in [2.05, 4.69) is 4.98 Å². The SMILES string of the molecule is O=C(O)c1ccccc1-c1ccc2cccnc2c1. The first-order valence-corrected chi connectivity index (χ1v) is 5.93. The van der Waals surface area contributed by atoms with Crippen LogP contribution >= 0.6 is 0 Å². The molecule has 0 fully saturated rings. The van der Waals surface area contributed by atoms with Crippen LogP contribution in [-0.2, 0) is 0 Å². The number of nitrogens with zero attached hydrogens (tertiary/aromatic N) is 1. The zero-order valence-electron chi connectivity index (χ0n) is 10.1. The van der Waals surface area contributed by atoms with Crippen molar-refractivity contribution in [3.8, 4) is 11.1 Å². The number of pyridine rings is 1. The van der Waals surface area contributed by atoms with Gasteiger partial charge in [0.2, 0.25) is 0 Å². The van der Waals surface area contributed by atoms with E-state index in [9.17, 15) is 9.90 Å². The minimum absolute atomic E-state index is 0.304. The molecule has 0 saturated carbocycles. The van der Waals surface area contributed by atoms with Gasteiger partial charge < -0.3 is 5.11 Å². The molecule has 0 aliphatic carbocycles. The summed E-state index contributed by atoms with van der Waals surface area (Å²) in [6, 6.07) is 16.6. The first-order chi connectivity index (χ1) is 9.25. The van der Waals surface area contributed by atoms with Crippen LogP contribution in [0.25, 0.3) is 22.0 Å². The maximum Gasteiger partial charge on any atom is 0.336 e. The van der Waals surface area contributed by atoms with E-state index in [4.69, 9.17) is 0 Å². The zero-order chi connectivity index (χ0) is 13.2. The number of benzene rings is 2. The van der Waals surface area contributed by atoms with Crippen molar-refractivity contribution in [1.29, 1.82) is 0 Å². The molecule has 0 aliphatic heterocycles. The van der Waals surface area contributed by atoms with Crippen LogP contribution in [0, 0.1) is 0 Å². The molecule has 1 N–H and O–H groups in total. The van der Waals surface area contributed by atoms with Crippen LogP contribution in [0.1, 0.15) is 10.4 Å². The predicted octanol–water partition coefficient (Wildman–Crippen LogP) is 3.60. The lowest BCUT2D eigenvalue weighted by atomic mass is 9.98. The number of carboxylic acid groups (broad SMARTS) is 1. The van der Waals surface area contributed by atoms with E-state index >= 15 is 0 Å². The molecule has 92 valence electrons. The van der Waals surface area contributed by atoms with Crippen LogP contribution in [0.5, 0.6) is 0 Å². The van der Waals surface area contributed by atoms with Crippen LogP contribution in [-0.4, -0.2) is 16.1 Å². The maximum absolute atomic E-state index is 11.2. The minimum Gasteiger partial charge on any atom is -0.478 e. The van der Waals surface area contributed by atoms with Gasteiger partial charge >= 0.3 is 5.97 Å². The first-order valence-electron chi connectivity index (χ1n) is 5.93. The summed E-state index contributed by atoms with van der Waals surface area (Å²) in [5, 5.41) is 10.3. The molecule has 0 bridgehead atoms. The highest BCUT2D eigenvalue weighted by molar-refractivity contribution is 5.97. The van der Waals surface area contributed by atoms with Gasteiger partial charge in [0.05, 0.1) is 11.1 Å². The van der Waals surface area contributed by atoms with E-state index in [0.29, 0.717) is 11.1 Å². The Morgan fingerprint density at radius 3 is 2.68 bits per heavy atom. The Morgan fingerprint density at radius 2 is 1.84 bits per heavy atom. The van der Waals surface area contributed by atoms with E-state index in [1.165, 1.54) is 0 Å². The van der Waals surface area contributed by atoms with Crippen molar-refractivity contribution < 1.29 is 9.90 Å². The fourth-order valence-electron chi connectivity index (χ4n) is 2.16. The number of rotatable bonds is 2. The van der Waals surface area contributed by atoms with Crippen molar-refractivity contribution in [3.63, 3.8) is 0 Å². The molecule has 0 saturated heterocycles. The lowest BCUT2D eigenvalue weighted by molar-refractivity contribution is 0.0697. The number of fused-ring (bicyclic) bond motifs is 1. The van der Waals surface area contributed by atoms with E-state index < -0.39 is 5.97 Å². The van der Waals surface area contributed by atoms with Crippen molar-refractivity contribution in [2.45, 2.75) is 0 Å². The van der Waals surface area contributed by atoms with Crippen LogP contribution in [0.2, 0.25) is 0 Å². The maximum atomic E-state index is 11.2. The standard InChI is InChI=1S/C16H11NO2/c18-16(19)14-6-2-1-5-13(14)12-8-7-11-4-3-9-17-15(11)10-12/h1-10H,(H,18,19). The number of hydrogen-bond donors (Lipinski definition) is 1. The summed E-state index contributed by atoms with van der Waals surface area (Å²) < 4.78 is 0. The average Bonchev–Trinajstić information content (AvgIpc) is 2.46. The average molecular weight is 249 g/mol. The van der Waals surface area contributed by atoms with Crippen molar-refractivity contribution in [2.75, 3.05) is 0 Å². The molecule has 0 unspecified atom stereocenters. The molecule has 3 heteroatoms. The minimum atomic E-state index is -0.920. The van der Waals surface area contributed by atoms with Gasteiger partial charge in [0.15, 0.2) is 0 Å². The van der Waals surface area contributed by atoms with Gasteiger partial charge in [-0.15, -0.1) is 0 Å². The molecule has 3 aromatic rings. The van der Waals surface area contributed by atoms with E-state index in [-0.39, 0.29) is 0 Å². The molecule has 3 nitrogen and oxygen atoms in total. The summed E-state index contributed by atoms with van der Waals surface area (Å²) in [7, 11) is 0. The summed E-state index contributed by atoms with van der Waals surface area (Å²) in [5.74, 6) is -0.920. The molecule has 2 aromatic carbocycles. The van der Waals surface area contributed by atoms with Crippen LogP contribution < -0.4 is 0 Å². The van der Waals surface area contributed by atoms with Gasteiger partial charge in [0.25, 0.3) is 0 Å². The number of hydrogen-bond acceptors (Lipinski definition) is 2. The Labute approximate surface area is 110 Å². The molecule has 19 heavy (non-hydrogen) atoms. The van der Waals surface area contributed by atoms with Crippen molar-refractivity contribution >= 4 is 16.9 Å². The smallest absolute Gasteiger partial charge is 0.336 e. The van der Waals surface area contributed by atoms with Gasteiger partial charge in [-0.25, -0.2) is 4.79 Å². The molecule has 0 spiro atoms. The Bertz CT molecular complexity index is 765. The lowest BCUT2D eigenvalue weighted by Gasteiger charge is -2.07. The van der Waals surface area contributed by atoms with Gasteiger partial charge in [0.1, 0.15) is 0 Å². The van der Waals surface area contributed by atoms with E-state index in [1.807, 2.05) is 42.5 Å². The Hall–Kier alpha value is -2.68. The number of aromatic nitrogens is 1. The summed E-state index contributed by atoms with van der Waals surface area (Å²) in [5.41, 5.74) is 2.74. The third kappa shape index (κ3) is 2.06. The number of aromatic carboxylic acids is 1. The predicted molar refractivity (Wildman–Crippen MR) is 74.1 cm³/mol. The number of carbonyl (C=O) groups is 1. The monoisotopic (exact) mass is 249 g/mol. The molecule has 1 aromatic heterocycles.